The second-order valence-electron chi connectivity index (χ2n) is 5.70. The lowest BCUT2D eigenvalue weighted by molar-refractivity contribution is -0.130. The predicted octanol–water partition coefficient (Wildman–Crippen LogP) is 2.07. The normalized spacial score (nSPS) is 12.4. The molecule has 1 amide bonds. The number of rotatable bonds is 6. The number of hydrogen-bond donors (Lipinski definition) is 2. The Kier molecular flexibility index (Phi) is 5.27. The van der Waals surface area contributed by atoms with Crippen LogP contribution in [0.25, 0.3) is 11.4 Å². The molecule has 0 saturated heterocycles. The Morgan fingerprint density at radius 1 is 1.32 bits per heavy atom. The van der Waals surface area contributed by atoms with E-state index in [-0.39, 0.29) is 11.8 Å². The van der Waals surface area contributed by atoms with E-state index in [1.165, 1.54) is 0 Å². The van der Waals surface area contributed by atoms with Crippen molar-refractivity contribution in [2.75, 3.05) is 0 Å². The van der Waals surface area contributed by atoms with E-state index in [2.05, 4.69) is 15.5 Å². The van der Waals surface area contributed by atoms with Gasteiger partial charge in [0.15, 0.2) is 0 Å². The minimum absolute atomic E-state index is 0.276. The molecule has 1 heterocycles. The number of nitrogens with one attached hydrogen (secondary N) is 1. The van der Waals surface area contributed by atoms with Crippen molar-refractivity contribution >= 4 is 5.91 Å². The van der Waals surface area contributed by atoms with Gasteiger partial charge in [0, 0.05) is 19.0 Å². The summed E-state index contributed by atoms with van der Waals surface area (Å²) < 4.78 is 4.94. The summed E-state index contributed by atoms with van der Waals surface area (Å²) in [7, 11) is 0. The molecule has 1 aromatic carbocycles. The van der Waals surface area contributed by atoms with Crippen LogP contribution in [0.15, 0.2) is 28.8 Å². The van der Waals surface area contributed by atoms with Crippen molar-refractivity contribution in [3.8, 4) is 11.4 Å². The summed E-state index contributed by atoms with van der Waals surface area (Å²) in [4.78, 5) is 15.9. The zero-order valence-corrected chi connectivity index (χ0v) is 13.0. The number of aryl methyl sites for hydroxylation is 1. The molecule has 2 aromatic rings. The molecule has 6 nitrogen and oxygen atoms in total. The van der Waals surface area contributed by atoms with E-state index in [1.807, 2.05) is 38.1 Å². The highest BCUT2D eigenvalue weighted by Crippen LogP contribution is 2.16. The number of aliphatic hydroxyl groups is 1. The molecule has 0 aliphatic heterocycles. The van der Waals surface area contributed by atoms with Gasteiger partial charge in [0.1, 0.15) is 6.10 Å². The molecule has 2 N–H and O–H groups in total. The molecule has 1 unspecified atom stereocenters. The van der Waals surface area contributed by atoms with Crippen LogP contribution < -0.4 is 5.32 Å². The maximum Gasteiger partial charge on any atom is 0.249 e. The second kappa shape index (κ2) is 7.17. The summed E-state index contributed by atoms with van der Waals surface area (Å²) >= 11 is 0. The predicted molar refractivity (Wildman–Crippen MR) is 81.8 cm³/mol. The Bertz CT molecular complexity index is 620. The summed E-state index contributed by atoms with van der Waals surface area (Å²) in [6.45, 7) is 6.05. The number of carbonyl (C=O) groups is 1. The number of amides is 1. The van der Waals surface area contributed by atoms with Crippen LogP contribution in [0.4, 0.5) is 0 Å². The Morgan fingerprint density at radius 3 is 2.55 bits per heavy atom. The Balaban J connectivity index is 1.90. The summed E-state index contributed by atoms with van der Waals surface area (Å²) in [5.74, 6) is 0.996. The summed E-state index contributed by atoms with van der Waals surface area (Å²) in [6.07, 6.45) is -0.497. The van der Waals surface area contributed by atoms with Gasteiger partial charge in [-0.15, -0.1) is 0 Å². The van der Waals surface area contributed by atoms with E-state index in [1.54, 1.807) is 6.92 Å². The molecule has 0 aliphatic carbocycles. The molecular formula is C16H21N3O3. The van der Waals surface area contributed by atoms with Gasteiger partial charge in [0.05, 0.1) is 0 Å². The third kappa shape index (κ3) is 4.39. The Morgan fingerprint density at radius 2 is 2.00 bits per heavy atom. The second-order valence-corrected chi connectivity index (χ2v) is 5.70. The fourth-order valence-corrected chi connectivity index (χ4v) is 2.05. The van der Waals surface area contributed by atoms with Crippen LogP contribution in [0.1, 0.15) is 31.7 Å². The van der Waals surface area contributed by atoms with Crippen molar-refractivity contribution in [1.29, 1.82) is 0 Å². The van der Waals surface area contributed by atoms with Gasteiger partial charge in [-0.1, -0.05) is 43.3 Å². The standard InChI is InChI=1S/C16H21N3O3/c1-10(2)8-14(20)16(21)17-9-12-4-6-13(7-5-12)15-18-11(3)22-19-15/h4-7,10,14,20H,8-9H2,1-3H3,(H,17,21). The zero-order valence-electron chi connectivity index (χ0n) is 13.0. The monoisotopic (exact) mass is 303 g/mol. The van der Waals surface area contributed by atoms with Crippen LogP contribution in [0, 0.1) is 12.8 Å². The number of aromatic nitrogens is 2. The van der Waals surface area contributed by atoms with Crippen LogP contribution >= 0.6 is 0 Å². The summed E-state index contributed by atoms with van der Waals surface area (Å²) in [6, 6.07) is 7.51. The fraction of sp³-hybridized carbons (Fsp3) is 0.438. The van der Waals surface area contributed by atoms with E-state index in [9.17, 15) is 9.90 Å². The van der Waals surface area contributed by atoms with Gasteiger partial charge in [0.25, 0.3) is 0 Å². The number of aliphatic hydroxyl groups excluding tert-OH is 1. The first-order chi connectivity index (χ1) is 10.5. The molecule has 1 aromatic heterocycles. The van der Waals surface area contributed by atoms with E-state index in [0.717, 1.165) is 11.1 Å². The van der Waals surface area contributed by atoms with E-state index in [4.69, 9.17) is 4.52 Å². The van der Waals surface area contributed by atoms with Gasteiger partial charge < -0.3 is 14.9 Å². The van der Waals surface area contributed by atoms with Crippen molar-refractivity contribution in [2.45, 2.75) is 39.8 Å². The first-order valence-electron chi connectivity index (χ1n) is 7.31. The molecule has 118 valence electrons. The maximum atomic E-state index is 11.7. The minimum Gasteiger partial charge on any atom is -0.383 e. The molecule has 0 bridgehead atoms. The molecule has 1 atom stereocenters. The van der Waals surface area contributed by atoms with Crippen LogP contribution in [-0.4, -0.2) is 27.3 Å². The molecule has 6 heteroatoms. The van der Waals surface area contributed by atoms with Crippen molar-refractivity contribution in [1.82, 2.24) is 15.5 Å². The largest absolute Gasteiger partial charge is 0.383 e. The van der Waals surface area contributed by atoms with Crippen molar-refractivity contribution in [3.63, 3.8) is 0 Å². The highest BCUT2D eigenvalue weighted by atomic mass is 16.5. The number of carbonyl (C=O) groups excluding carboxylic acids is 1. The highest BCUT2D eigenvalue weighted by Gasteiger charge is 2.15. The molecule has 2 rings (SSSR count). The molecule has 0 saturated carbocycles. The number of nitrogens with zero attached hydrogens (tertiary/aromatic N) is 2. The third-order valence-electron chi connectivity index (χ3n) is 3.20. The third-order valence-corrected chi connectivity index (χ3v) is 3.20. The Labute approximate surface area is 129 Å². The average Bonchev–Trinajstić information content (AvgIpc) is 2.91. The summed E-state index contributed by atoms with van der Waals surface area (Å²) in [5, 5.41) is 16.3. The number of benzene rings is 1. The first-order valence-corrected chi connectivity index (χ1v) is 7.31. The van der Waals surface area contributed by atoms with Gasteiger partial charge in [-0.25, -0.2) is 0 Å². The van der Waals surface area contributed by atoms with Gasteiger partial charge in [-0.3, -0.25) is 4.79 Å². The van der Waals surface area contributed by atoms with Crippen LogP contribution in [0.3, 0.4) is 0 Å². The Hall–Kier alpha value is -2.21. The molecule has 0 radical (unpaired) electrons. The lowest BCUT2D eigenvalue weighted by Gasteiger charge is -2.13. The fourth-order valence-electron chi connectivity index (χ4n) is 2.05. The SMILES string of the molecule is Cc1nc(-c2ccc(CNC(=O)C(O)CC(C)C)cc2)no1. The molecule has 0 aliphatic rings. The van der Waals surface area contributed by atoms with E-state index < -0.39 is 6.10 Å². The zero-order chi connectivity index (χ0) is 16.1. The lowest BCUT2D eigenvalue weighted by Crippen LogP contribution is -2.34. The van der Waals surface area contributed by atoms with Crippen molar-refractivity contribution in [3.05, 3.63) is 35.7 Å². The summed E-state index contributed by atoms with van der Waals surface area (Å²) in [5.41, 5.74) is 1.79. The van der Waals surface area contributed by atoms with Crippen molar-refractivity contribution in [2.24, 2.45) is 5.92 Å². The van der Waals surface area contributed by atoms with E-state index >= 15 is 0 Å². The molecule has 0 fully saturated rings. The van der Waals surface area contributed by atoms with Gasteiger partial charge in [0.2, 0.25) is 17.6 Å². The minimum atomic E-state index is -0.957. The van der Waals surface area contributed by atoms with Gasteiger partial charge >= 0.3 is 0 Å². The first kappa shape index (κ1) is 16.2. The van der Waals surface area contributed by atoms with Crippen LogP contribution in [0.5, 0.6) is 0 Å². The lowest BCUT2D eigenvalue weighted by atomic mass is 10.1. The molecular weight excluding hydrogens is 282 g/mol. The molecule has 0 spiro atoms. The number of hydrogen-bond acceptors (Lipinski definition) is 5. The van der Waals surface area contributed by atoms with Crippen LogP contribution in [0.2, 0.25) is 0 Å². The maximum absolute atomic E-state index is 11.7. The highest BCUT2D eigenvalue weighted by molar-refractivity contribution is 5.80. The van der Waals surface area contributed by atoms with Crippen LogP contribution in [-0.2, 0) is 11.3 Å². The van der Waals surface area contributed by atoms with Gasteiger partial charge in [-0.05, 0) is 17.9 Å². The topological polar surface area (TPSA) is 88.2 Å². The van der Waals surface area contributed by atoms with Gasteiger partial charge in [-0.2, -0.15) is 4.98 Å². The van der Waals surface area contributed by atoms with E-state index in [0.29, 0.717) is 24.7 Å². The molecule has 22 heavy (non-hydrogen) atoms. The average molecular weight is 303 g/mol. The quantitative estimate of drug-likeness (QED) is 0.853. The van der Waals surface area contributed by atoms with Crippen molar-refractivity contribution < 1.29 is 14.4 Å². The smallest absolute Gasteiger partial charge is 0.249 e.